The molecular formula is C23H30O5. The van der Waals surface area contributed by atoms with Crippen LogP contribution in [0.3, 0.4) is 0 Å². The van der Waals surface area contributed by atoms with Crippen molar-refractivity contribution in [2.75, 3.05) is 27.9 Å². The van der Waals surface area contributed by atoms with Gasteiger partial charge in [0.2, 0.25) is 11.5 Å². The number of hydrogen-bond donors (Lipinski definition) is 0. The Morgan fingerprint density at radius 2 is 1.57 bits per heavy atom. The van der Waals surface area contributed by atoms with E-state index in [9.17, 15) is 4.79 Å². The molecule has 0 bridgehead atoms. The molecule has 0 N–H and O–H groups in total. The number of rotatable bonds is 10. The summed E-state index contributed by atoms with van der Waals surface area (Å²) in [5, 5.41) is 0. The highest BCUT2D eigenvalue weighted by Crippen LogP contribution is 2.43. The van der Waals surface area contributed by atoms with Crippen LogP contribution in [0.25, 0.3) is 0 Å². The van der Waals surface area contributed by atoms with Crippen LogP contribution >= 0.6 is 0 Å². The van der Waals surface area contributed by atoms with Crippen LogP contribution in [0, 0.1) is 13.8 Å². The van der Waals surface area contributed by atoms with Crippen LogP contribution in [0.5, 0.6) is 23.0 Å². The van der Waals surface area contributed by atoms with Gasteiger partial charge in [-0.1, -0.05) is 31.9 Å². The van der Waals surface area contributed by atoms with E-state index in [4.69, 9.17) is 18.9 Å². The molecule has 0 aliphatic heterocycles. The number of carbonyl (C=O) groups excluding carboxylic acids is 1. The van der Waals surface area contributed by atoms with Crippen LogP contribution in [0.4, 0.5) is 0 Å². The Labute approximate surface area is 167 Å². The number of ketones is 1. The third-order valence-electron chi connectivity index (χ3n) is 4.73. The van der Waals surface area contributed by atoms with E-state index in [1.165, 1.54) is 0 Å². The van der Waals surface area contributed by atoms with Gasteiger partial charge in [-0.25, -0.2) is 0 Å². The maximum absolute atomic E-state index is 13.5. The molecule has 28 heavy (non-hydrogen) atoms. The van der Waals surface area contributed by atoms with Gasteiger partial charge >= 0.3 is 0 Å². The summed E-state index contributed by atoms with van der Waals surface area (Å²) in [4.78, 5) is 13.5. The lowest BCUT2D eigenvalue weighted by atomic mass is 9.93. The average molecular weight is 386 g/mol. The normalized spacial score (nSPS) is 10.5. The highest BCUT2D eigenvalue weighted by atomic mass is 16.5. The summed E-state index contributed by atoms with van der Waals surface area (Å²) in [6.45, 7) is 6.43. The number of benzene rings is 2. The van der Waals surface area contributed by atoms with Gasteiger partial charge in [0.15, 0.2) is 11.5 Å². The van der Waals surface area contributed by atoms with Crippen molar-refractivity contribution in [3.05, 3.63) is 46.5 Å². The topological polar surface area (TPSA) is 54.0 Å². The van der Waals surface area contributed by atoms with Crippen LogP contribution in [0.2, 0.25) is 0 Å². The molecule has 0 fully saturated rings. The Kier molecular flexibility index (Phi) is 7.73. The van der Waals surface area contributed by atoms with Gasteiger partial charge in [0.25, 0.3) is 0 Å². The lowest BCUT2D eigenvalue weighted by Gasteiger charge is -2.20. The summed E-state index contributed by atoms with van der Waals surface area (Å²) in [7, 11) is 4.68. The van der Waals surface area contributed by atoms with Gasteiger partial charge < -0.3 is 18.9 Å². The molecule has 0 amide bonds. The molecule has 5 heteroatoms. The van der Waals surface area contributed by atoms with Crippen molar-refractivity contribution in [2.45, 2.75) is 40.0 Å². The number of ether oxygens (including phenoxy) is 4. The lowest BCUT2D eigenvalue weighted by molar-refractivity contribution is 0.103. The van der Waals surface area contributed by atoms with Gasteiger partial charge in [-0.2, -0.15) is 0 Å². The first-order valence-electron chi connectivity index (χ1n) is 9.56. The minimum Gasteiger partial charge on any atom is -0.496 e. The third kappa shape index (κ3) is 4.41. The van der Waals surface area contributed by atoms with E-state index in [0.29, 0.717) is 40.7 Å². The van der Waals surface area contributed by atoms with Crippen LogP contribution < -0.4 is 18.9 Å². The first-order chi connectivity index (χ1) is 13.5. The van der Waals surface area contributed by atoms with Gasteiger partial charge in [-0.15, -0.1) is 0 Å². The quantitative estimate of drug-likeness (QED) is 0.418. The fraction of sp³-hybridized carbons (Fsp3) is 0.435. The van der Waals surface area contributed by atoms with E-state index in [0.717, 1.165) is 30.4 Å². The second-order valence-corrected chi connectivity index (χ2v) is 6.67. The van der Waals surface area contributed by atoms with E-state index in [-0.39, 0.29) is 5.78 Å². The van der Waals surface area contributed by atoms with E-state index in [1.807, 2.05) is 32.0 Å². The SMILES string of the molecule is CCCCCOc1c(OC)cc(C)c(C(=O)c2c(C)cccc2OC)c1OC. The number of unbranched alkanes of at least 4 members (excludes halogenated alkanes) is 2. The second-order valence-electron chi connectivity index (χ2n) is 6.67. The minimum atomic E-state index is -0.162. The third-order valence-corrected chi connectivity index (χ3v) is 4.73. The van der Waals surface area contributed by atoms with Gasteiger partial charge in [0, 0.05) is 0 Å². The zero-order valence-corrected chi connectivity index (χ0v) is 17.7. The van der Waals surface area contributed by atoms with Crippen molar-refractivity contribution in [3.8, 4) is 23.0 Å². The summed E-state index contributed by atoms with van der Waals surface area (Å²) in [5.74, 6) is 1.78. The Bertz CT molecular complexity index is 826. The van der Waals surface area contributed by atoms with E-state index >= 15 is 0 Å². The Hall–Kier alpha value is -2.69. The van der Waals surface area contributed by atoms with Gasteiger partial charge in [-0.3, -0.25) is 4.79 Å². The summed E-state index contributed by atoms with van der Waals surface area (Å²) in [6.07, 6.45) is 3.09. The molecule has 0 saturated heterocycles. The van der Waals surface area contributed by atoms with Gasteiger partial charge in [-0.05, 0) is 43.5 Å². The first-order valence-corrected chi connectivity index (χ1v) is 9.56. The second kappa shape index (κ2) is 10.0. The van der Waals surface area contributed by atoms with E-state index in [2.05, 4.69) is 6.92 Å². The fourth-order valence-corrected chi connectivity index (χ4v) is 3.26. The van der Waals surface area contributed by atoms with Crippen LogP contribution in [-0.2, 0) is 0 Å². The lowest BCUT2D eigenvalue weighted by Crippen LogP contribution is -2.12. The highest BCUT2D eigenvalue weighted by Gasteiger charge is 2.27. The molecule has 152 valence electrons. The summed E-state index contributed by atoms with van der Waals surface area (Å²) < 4.78 is 22.6. The molecule has 0 radical (unpaired) electrons. The smallest absolute Gasteiger partial charge is 0.204 e. The average Bonchev–Trinajstić information content (AvgIpc) is 2.70. The molecule has 2 rings (SSSR count). The zero-order chi connectivity index (χ0) is 20.7. The molecule has 0 aliphatic rings. The molecule has 0 unspecified atom stereocenters. The number of carbonyl (C=O) groups is 1. The molecule has 0 heterocycles. The molecule has 0 aliphatic carbocycles. The number of methoxy groups -OCH3 is 3. The molecule has 2 aromatic carbocycles. The summed E-state index contributed by atoms with van der Waals surface area (Å²) >= 11 is 0. The molecule has 0 spiro atoms. The Morgan fingerprint density at radius 3 is 2.18 bits per heavy atom. The van der Waals surface area contributed by atoms with Crippen molar-refractivity contribution < 1.29 is 23.7 Å². The molecular weight excluding hydrogens is 356 g/mol. The Balaban J connectivity index is 2.59. The summed E-state index contributed by atoms with van der Waals surface area (Å²) in [5.41, 5.74) is 2.58. The van der Waals surface area contributed by atoms with Crippen molar-refractivity contribution >= 4 is 5.78 Å². The van der Waals surface area contributed by atoms with Crippen LogP contribution in [-0.4, -0.2) is 33.7 Å². The maximum Gasteiger partial charge on any atom is 0.204 e. The molecule has 2 aromatic rings. The zero-order valence-electron chi connectivity index (χ0n) is 17.7. The van der Waals surface area contributed by atoms with E-state index < -0.39 is 0 Å². The van der Waals surface area contributed by atoms with E-state index in [1.54, 1.807) is 27.4 Å². The first kappa shape index (κ1) is 21.6. The number of aryl methyl sites for hydroxylation is 2. The highest BCUT2D eigenvalue weighted by molar-refractivity contribution is 6.14. The molecule has 0 aromatic heterocycles. The fourth-order valence-electron chi connectivity index (χ4n) is 3.26. The standard InChI is InChI=1S/C23H30O5/c1-7-8-9-13-28-22-18(26-5)14-16(3)20(23(22)27-6)21(24)19-15(2)11-10-12-17(19)25-4/h10-12,14H,7-9,13H2,1-6H3. The molecule has 0 atom stereocenters. The Morgan fingerprint density at radius 1 is 0.857 bits per heavy atom. The van der Waals surface area contributed by atoms with Crippen molar-refractivity contribution in [3.63, 3.8) is 0 Å². The van der Waals surface area contributed by atoms with Crippen LogP contribution in [0.15, 0.2) is 24.3 Å². The monoisotopic (exact) mass is 386 g/mol. The van der Waals surface area contributed by atoms with Gasteiger partial charge in [0.05, 0.1) is 39.1 Å². The molecule has 0 saturated carbocycles. The number of hydrogen-bond acceptors (Lipinski definition) is 5. The summed E-state index contributed by atoms with van der Waals surface area (Å²) in [6, 6.07) is 7.36. The van der Waals surface area contributed by atoms with Gasteiger partial charge in [0.1, 0.15) is 5.75 Å². The predicted molar refractivity (Wildman–Crippen MR) is 110 cm³/mol. The minimum absolute atomic E-state index is 0.162. The van der Waals surface area contributed by atoms with Crippen molar-refractivity contribution in [1.29, 1.82) is 0 Å². The largest absolute Gasteiger partial charge is 0.496 e. The van der Waals surface area contributed by atoms with Crippen molar-refractivity contribution in [2.24, 2.45) is 0 Å². The van der Waals surface area contributed by atoms with Crippen molar-refractivity contribution in [1.82, 2.24) is 0 Å². The predicted octanol–water partition coefficient (Wildman–Crippen LogP) is 5.13. The molecule has 5 nitrogen and oxygen atoms in total. The van der Waals surface area contributed by atoms with Crippen LogP contribution in [0.1, 0.15) is 53.2 Å². The maximum atomic E-state index is 13.5.